The van der Waals surface area contributed by atoms with Crippen LogP contribution in [-0.2, 0) is 0 Å². The Morgan fingerprint density at radius 1 is 1.31 bits per heavy atom. The maximum absolute atomic E-state index is 3.75. The summed E-state index contributed by atoms with van der Waals surface area (Å²) in [6.07, 6.45) is 1.25. The minimum atomic E-state index is 0.607. The zero-order valence-corrected chi connectivity index (χ0v) is 10.1. The van der Waals surface area contributed by atoms with Gasteiger partial charge in [-0.15, -0.1) is 0 Å². The zero-order chi connectivity index (χ0) is 11.1. The predicted octanol–water partition coefficient (Wildman–Crippen LogP) is 2.68. The lowest BCUT2D eigenvalue weighted by Crippen LogP contribution is -2.38. The largest absolute Gasteiger partial charge is 0.381 e. The summed E-state index contributed by atoms with van der Waals surface area (Å²) >= 11 is 0. The molecule has 0 spiro atoms. The minimum Gasteiger partial charge on any atom is -0.381 e. The van der Waals surface area contributed by atoms with Crippen LogP contribution in [0.1, 0.15) is 43.2 Å². The van der Waals surface area contributed by atoms with E-state index in [1.807, 2.05) is 0 Å². The molecular weight excluding hydrogens is 196 g/mol. The third kappa shape index (κ3) is 1.44. The van der Waals surface area contributed by atoms with Gasteiger partial charge in [0.25, 0.3) is 0 Å². The molecule has 1 saturated heterocycles. The fourth-order valence-electron chi connectivity index (χ4n) is 3.09. The monoisotopic (exact) mass is 216 g/mol. The van der Waals surface area contributed by atoms with E-state index in [2.05, 4.69) is 42.7 Å². The first-order valence-corrected chi connectivity index (χ1v) is 6.37. The highest BCUT2D eigenvalue weighted by Gasteiger charge is 2.34. The molecule has 1 fully saturated rings. The number of hydrogen-bond donors (Lipinski definition) is 2. The Labute approximate surface area is 97.4 Å². The Hall–Kier alpha value is -1.02. The SMILES string of the molecule is CC(C)c1cccc2c1NC1CCNCC21. The van der Waals surface area contributed by atoms with Gasteiger partial charge >= 0.3 is 0 Å². The Kier molecular flexibility index (Phi) is 2.40. The van der Waals surface area contributed by atoms with E-state index in [1.165, 1.54) is 23.2 Å². The highest BCUT2D eigenvalue weighted by atomic mass is 15.0. The highest BCUT2D eigenvalue weighted by Crippen LogP contribution is 2.42. The summed E-state index contributed by atoms with van der Waals surface area (Å²) in [5.74, 6) is 1.29. The zero-order valence-electron chi connectivity index (χ0n) is 10.1. The van der Waals surface area contributed by atoms with E-state index < -0.39 is 0 Å². The van der Waals surface area contributed by atoms with Crippen molar-refractivity contribution in [1.82, 2.24) is 5.32 Å². The highest BCUT2D eigenvalue weighted by molar-refractivity contribution is 5.65. The molecule has 1 aromatic rings. The van der Waals surface area contributed by atoms with Gasteiger partial charge in [0.15, 0.2) is 0 Å². The van der Waals surface area contributed by atoms with E-state index in [0.29, 0.717) is 17.9 Å². The third-order valence-corrected chi connectivity index (χ3v) is 3.96. The Morgan fingerprint density at radius 2 is 2.19 bits per heavy atom. The first-order valence-electron chi connectivity index (χ1n) is 6.37. The first-order chi connectivity index (χ1) is 7.77. The molecule has 0 amide bonds. The van der Waals surface area contributed by atoms with Crippen LogP contribution < -0.4 is 10.6 Å². The molecule has 2 unspecified atom stereocenters. The van der Waals surface area contributed by atoms with Gasteiger partial charge in [-0.3, -0.25) is 0 Å². The smallest absolute Gasteiger partial charge is 0.0414 e. The molecule has 0 saturated carbocycles. The van der Waals surface area contributed by atoms with E-state index in [9.17, 15) is 0 Å². The average Bonchev–Trinajstić information content (AvgIpc) is 2.67. The topological polar surface area (TPSA) is 24.1 Å². The second-order valence-corrected chi connectivity index (χ2v) is 5.32. The van der Waals surface area contributed by atoms with Crippen LogP contribution in [0, 0.1) is 0 Å². The fraction of sp³-hybridized carbons (Fsp3) is 0.571. The number of piperidine rings is 1. The van der Waals surface area contributed by atoms with Gasteiger partial charge in [0.05, 0.1) is 0 Å². The number of fused-ring (bicyclic) bond motifs is 3. The molecule has 2 aliphatic heterocycles. The van der Waals surface area contributed by atoms with Crippen LogP contribution >= 0.6 is 0 Å². The maximum atomic E-state index is 3.75. The summed E-state index contributed by atoms with van der Waals surface area (Å²) in [6.45, 7) is 6.83. The molecule has 2 N–H and O–H groups in total. The molecule has 0 aliphatic carbocycles. The van der Waals surface area contributed by atoms with E-state index in [0.717, 1.165) is 13.1 Å². The molecule has 86 valence electrons. The summed E-state index contributed by atoms with van der Waals surface area (Å²) < 4.78 is 0. The quantitative estimate of drug-likeness (QED) is 0.754. The van der Waals surface area contributed by atoms with Gasteiger partial charge < -0.3 is 10.6 Å². The van der Waals surface area contributed by atoms with Crippen LogP contribution in [0.15, 0.2) is 18.2 Å². The first kappa shape index (κ1) is 10.2. The number of nitrogens with one attached hydrogen (secondary N) is 2. The summed E-state index contributed by atoms with van der Waals surface area (Å²) in [5.41, 5.74) is 4.44. The number of para-hydroxylation sites is 1. The normalized spacial score (nSPS) is 27.4. The fourth-order valence-corrected chi connectivity index (χ4v) is 3.09. The molecule has 3 rings (SSSR count). The van der Waals surface area contributed by atoms with E-state index in [4.69, 9.17) is 0 Å². The van der Waals surface area contributed by atoms with Crippen LogP contribution in [0.25, 0.3) is 0 Å². The lowest BCUT2D eigenvalue weighted by atomic mass is 9.89. The lowest BCUT2D eigenvalue weighted by Gasteiger charge is -2.26. The van der Waals surface area contributed by atoms with Crippen molar-refractivity contribution in [2.75, 3.05) is 18.4 Å². The predicted molar refractivity (Wildman–Crippen MR) is 68.2 cm³/mol. The van der Waals surface area contributed by atoms with Gasteiger partial charge in [-0.25, -0.2) is 0 Å². The van der Waals surface area contributed by atoms with Crippen molar-refractivity contribution in [2.45, 2.75) is 38.1 Å². The number of rotatable bonds is 1. The molecule has 2 nitrogen and oxygen atoms in total. The van der Waals surface area contributed by atoms with Crippen molar-refractivity contribution in [3.63, 3.8) is 0 Å². The standard InChI is InChI=1S/C14H20N2/c1-9(2)10-4-3-5-11-12-8-15-7-6-13(12)16-14(10)11/h3-5,9,12-13,15-16H,6-8H2,1-2H3. The van der Waals surface area contributed by atoms with Crippen LogP contribution in [0.4, 0.5) is 5.69 Å². The van der Waals surface area contributed by atoms with Gasteiger partial charge in [-0.1, -0.05) is 32.0 Å². The summed E-state index contributed by atoms with van der Waals surface area (Å²) in [6, 6.07) is 7.44. The molecule has 2 atom stereocenters. The van der Waals surface area contributed by atoms with Crippen molar-refractivity contribution >= 4 is 5.69 Å². The van der Waals surface area contributed by atoms with Crippen molar-refractivity contribution in [2.24, 2.45) is 0 Å². The molecule has 1 aromatic carbocycles. The van der Waals surface area contributed by atoms with Gasteiger partial charge in [-0.05, 0) is 30.0 Å². The molecule has 16 heavy (non-hydrogen) atoms. The number of hydrogen-bond acceptors (Lipinski definition) is 2. The van der Waals surface area contributed by atoms with Gasteiger partial charge in [0.2, 0.25) is 0 Å². The molecule has 2 heterocycles. The molecule has 0 bridgehead atoms. The van der Waals surface area contributed by atoms with Crippen LogP contribution in [-0.4, -0.2) is 19.1 Å². The van der Waals surface area contributed by atoms with Crippen molar-refractivity contribution in [3.05, 3.63) is 29.3 Å². The van der Waals surface area contributed by atoms with E-state index in [1.54, 1.807) is 0 Å². The second kappa shape index (κ2) is 3.77. The van der Waals surface area contributed by atoms with E-state index >= 15 is 0 Å². The lowest BCUT2D eigenvalue weighted by molar-refractivity contribution is 0.440. The molecule has 0 aromatic heterocycles. The molecular formula is C14H20N2. The Bertz CT molecular complexity index is 398. The van der Waals surface area contributed by atoms with Crippen LogP contribution in [0.3, 0.4) is 0 Å². The maximum Gasteiger partial charge on any atom is 0.0414 e. The summed E-state index contributed by atoms with van der Waals surface area (Å²) in [4.78, 5) is 0. The summed E-state index contributed by atoms with van der Waals surface area (Å²) in [5, 5.41) is 7.25. The Morgan fingerprint density at radius 3 is 3.00 bits per heavy atom. The number of anilines is 1. The van der Waals surface area contributed by atoms with Gasteiger partial charge in [0, 0.05) is 24.2 Å². The molecule has 2 heteroatoms. The third-order valence-electron chi connectivity index (χ3n) is 3.96. The summed E-state index contributed by atoms with van der Waals surface area (Å²) in [7, 11) is 0. The van der Waals surface area contributed by atoms with Gasteiger partial charge in [0.1, 0.15) is 0 Å². The average molecular weight is 216 g/mol. The van der Waals surface area contributed by atoms with Crippen LogP contribution in [0.2, 0.25) is 0 Å². The molecule has 2 aliphatic rings. The van der Waals surface area contributed by atoms with Crippen molar-refractivity contribution in [1.29, 1.82) is 0 Å². The van der Waals surface area contributed by atoms with Crippen molar-refractivity contribution < 1.29 is 0 Å². The van der Waals surface area contributed by atoms with Crippen LogP contribution in [0.5, 0.6) is 0 Å². The molecule has 0 radical (unpaired) electrons. The van der Waals surface area contributed by atoms with Gasteiger partial charge in [-0.2, -0.15) is 0 Å². The Balaban J connectivity index is 2.03. The minimum absolute atomic E-state index is 0.607. The van der Waals surface area contributed by atoms with Crippen molar-refractivity contribution in [3.8, 4) is 0 Å². The van der Waals surface area contributed by atoms with E-state index in [-0.39, 0.29) is 0 Å². The number of benzene rings is 1. The second-order valence-electron chi connectivity index (χ2n) is 5.32.